The fourth-order valence-corrected chi connectivity index (χ4v) is 2.75. The van der Waals surface area contributed by atoms with Crippen LogP contribution in [0.15, 0.2) is 0 Å². The minimum absolute atomic E-state index is 0.713. The van der Waals surface area contributed by atoms with Gasteiger partial charge in [0.2, 0.25) is 0 Å². The van der Waals surface area contributed by atoms with Crippen molar-refractivity contribution < 1.29 is 59.8 Å². The van der Waals surface area contributed by atoms with Gasteiger partial charge >= 0.3 is 5.97 Å². The van der Waals surface area contributed by atoms with Crippen LogP contribution >= 0.6 is 0 Å². The molecule has 0 bridgehead atoms. The smallest absolute Gasteiger partial charge is 0.315 e. The Balaban J connectivity index is 2.24. The summed E-state index contributed by atoms with van der Waals surface area (Å²) in [5.74, 6) is -2.47. The van der Waals surface area contributed by atoms with Crippen molar-refractivity contribution in [2.45, 2.75) is 61.1 Å². The number of hydrogen-bond donors (Lipinski definition) is 8. The molecular weight excluding hydrogens is 348 g/mol. The molecule has 2 rings (SSSR count). The normalized spacial score (nSPS) is 51.5. The van der Waals surface area contributed by atoms with Crippen LogP contribution in [0.25, 0.3) is 0 Å². The van der Waals surface area contributed by atoms with Crippen molar-refractivity contribution in [1.82, 2.24) is 0 Å². The van der Waals surface area contributed by atoms with Crippen LogP contribution in [0.1, 0.15) is 0 Å². The lowest BCUT2D eigenvalue weighted by atomic mass is 9.97. The molecule has 2 aliphatic heterocycles. The molecule has 0 aromatic heterocycles. The van der Waals surface area contributed by atoms with Gasteiger partial charge in [0.05, 0.1) is 13.2 Å². The second-order valence-electron chi connectivity index (χ2n) is 5.89. The molecule has 0 radical (unpaired) electrons. The molecule has 148 valence electrons. The van der Waals surface area contributed by atoms with Crippen molar-refractivity contribution in [3.05, 3.63) is 0 Å². The molecule has 0 spiro atoms. The molecule has 8 N–H and O–H groups in total. The molecule has 0 aromatic rings. The second-order valence-corrected chi connectivity index (χ2v) is 5.89. The Kier molecular flexibility index (Phi) is 6.70. The summed E-state index contributed by atoms with van der Waals surface area (Å²) >= 11 is 0. The molecule has 0 amide bonds. The van der Waals surface area contributed by atoms with E-state index in [2.05, 4.69) is 0 Å². The summed E-state index contributed by atoms with van der Waals surface area (Å²) in [6, 6.07) is 0. The van der Waals surface area contributed by atoms with Crippen molar-refractivity contribution in [2.75, 3.05) is 20.3 Å². The van der Waals surface area contributed by atoms with E-state index in [1.165, 1.54) is 0 Å². The molecule has 10 atom stereocenters. The highest BCUT2D eigenvalue weighted by molar-refractivity contribution is 4.95. The quantitative estimate of drug-likeness (QED) is 0.213. The maximum Gasteiger partial charge on any atom is 0.315 e. The molecule has 25 heavy (non-hydrogen) atoms. The van der Waals surface area contributed by atoms with E-state index in [1.807, 2.05) is 0 Å². The lowest BCUT2D eigenvalue weighted by molar-refractivity contribution is -0.494. The van der Waals surface area contributed by atoms with Gasteiger partial charge in [-0.15, -0.1) is 0 Å². The highest BCUT2D eigenvalue weighted by Crippen LogP contribution is 2.35. The molecule has 1 unspecified atom stereocenters. The molecule has 0 aliphatic carbocycles. The fraction of sp³-hybridized carbons (Fsp3) is 1.00. The molecule has 0 aromatic carbocycles. The first-order valence-corrected chi connectivity index (χ1v) is 7.58. The number of aliphatic hydroxyl groups excluding tert-OH is 8. The zero-order valence-corrected chi connectivity index (χ0v) is 13.3. The number of hydrogen-bond acceptors (Lipinski definition) is 12. The van der Waals surface area contributed by atoms with Crippen molar-refractivity contribution in [1.29, 1.82) is 0 Å². The number of ether oxygens (including phenoxy) is 4. The van der Waals surface area contributed by atoms with Crippen LogP contribution in [0, 0.1) is 0 Å². The van der Waals surface area contributed by atoms with Gasteiger partial charge in [0.25, 0.3) is 0 Å². The SMILES string of the molecule is CO[C@@]1(OC2O[C@H](CO)[C@@H](O)[C@H](O)[C@H]2O)O[C@H](CO)[C@@H](O)[C@H](O)[C@H]1O. The zero-order valence-electron chi connectivity index (χ0n) is 13.3. The van der Waals surface area contributed by atoms with Crippen LogP contribution in [0.2, 0.25) is 0 Å². The Labute approximate surface area is 142 Å². The van der Waals surface area contributed by atoms with E-state index in [-0.39, 0.29) is 0 Å². The summed E-state index contributed by atoms with van der Waals surface area (Å²) in [4.78, 5) is 0. The number of methoxy groups -OCH3 is 1. The van der Waals surface area contributed by atoms with Crippen LogP contribution < -0.4 is 0 Å². The summed E-state index contributed by atoms with van der Waals surface area (Å²) < 4.78 is 20.5. The number of rotatable bonds is 5. The monoisotopic (exact) mass is 372 g/mol. The van der Waals surface area contributed by atoms with Gasteiger partial charge in [-0.05, 0) is 0 Å². The van der Waals surface area contributed by atoms with E-state index in [0.717, 1.165) is 7.11 Å². The predicted molar refractivity (Wildman–Crippen MR) is 74.6 cm³/mol. The highest BCUT2D eigenvalue weighted by Gasteiger charge is 2.58. The third-order valence-corrected chi connectivity index (χ3v) is 4.33. The lowest BCUT2D eigenvalue weighted by Gasteiger charge is -2.49. The molecule has 2 aliphatic rings. The Hall–Kier alpha value is -0.480. The third-order valence-electron chi connectivity index (χ3n) is 4.33. The minimum atomic E-state index is -2.47. The Morgan fingerprint density at radius 2 is 1.36 bits per heavy atom. The Morgan fingerprint density at radius 1 is 0.800 bits per heavy atom. The van der Waals surface area contributed by atoms with Gasteiger partial charge in [-0.1, -0.05) is 0 Å². The highest BCUT2D eigenvalue weighted by atomic mass is 16.9. The first kappa shape index (κ1) is 20.8. The standard InChI is InChI=1S/C13H24O12/c1-22-13(11(21)9(19)7(17)5(3-15)24-13)25-12-10(20)8(18)6(16)4(2-14)23-12/h4-12,14-21H,2-3H2,1H3/t4-,5-,6-,7-,8+,9+,10-,11-,12?,13-/m1/s1. The number of aliphatic hydroxyl groups is 8. The summed E-state index contributed by atoms with van der Waals surface area (Å²) in [6.45, 7) is -1.47. The lowest BCUT2D eigenvalue weighted by Crippen LogP contribution is -2.69. The first-order valence-electron chi connectivity index (χ1n) is 7.58. The molecular formula is C13H24O12. The van der Waals surface area contributed by atoms with Gasteiger partial charge in [-0.3, -0.25) is 4.74 Å². The average Bonchev–Trinajstić information content (AvgIpc) is 2.62. The van der Waals surface area contributed by atoms with Crippen LogP contribution in [0.5, 0.6) is 0 Å². The van der Waals surface area contributed by atoms with Crippen LogP contribution in [-0.2, 0) is 18.9 Å². The molecule has 12 nitrogen and oxygen atoms in total. The predicted octanol–water partition coefficient (Wildman–Crippen LogP) is -5.42. The minimum Gasteiger partial charge on any atom is -0.394 e. The fourth-order valence-electron chi connectivity index (χ4n) is 2.75. The summed E-state index contributed by atoms with van der Waals surface area (Å²) in [6.07, 6.45) is -15.1. The first-order chi connectivity index (χ1) is 11.7. The maximum atomic E-state index is 10.2. The summed E-state index contributed by atoms with van der Waals surface area (Å²) in [5.41, 5.74) is 0. The van der Waals surface area contributed by atoms with Crippen molar-refractivity contribution in [2.24, 2.45) is 0 Å². The molecule has 2 heterocycles. The Morgan fingerprint density at radius 3 is 1.88 bits per heavy atom. The third kappa shape index (κ3) is 3.66. The van der Waals surface area contributed by atoms with E-state index < -0.39 is 74.3 Å². The van der Waals surface area contributed by atoms with E-state index in [0.29, 0.717) is 0 Å². The maximum absolute atomic E-state index is 10.2. The van der Waals surface area contributed by atoms with E-state index in [4.69, 9.17) is 24.1 Å². The van der Waals surface area contributed by atoms with Gasteiger partial charge in [0.15, 0.2) is 12.4 Å². The molecule has 0 saturated carbocycles. The topological polar surface area (TPSA) is 199 Å². The van der Waals surface area contributed by atoms with Crippen molar-refractivity contribution in [3.8, 4) is 0 Å². The van der Waals surface area contributed by atoms with Crippen molar-refractivity contribution >= 4 is 0 Å². The van der Waals surface area contributed by atoms with Gasteiger partial charge in [0.1, 0.15) is 42.7 Å². The van der Waals surface area contributed by atoms with Gasteiger partial charge in [-0.2, -0.15) is 0 Å². The van der Waals surface area contributed by atoms with Crippen molar-refractivity contribution in [3.63, 3.8) is 0 Å². The van der Waals surface area contributed by atoms with Gasteiger partial charge in [0, 0.05) is 7.11 Å². The Bertz CT molecular complexity index is 433. The van der Waals surface area contributed by atoms with E-state index >= 15 is 0 Å². The molecule has 12 heteroatoms. The zero-order chi connectivity index (χ0) is 18.9. The average molecular weight is 372 g/mol. The molecule has 2 saturated heterocycles. The summed E-state index contributed by atoms with van der Waals surface area (Å²) in [7, 11) is 1.02. The van der Waals surface area contributed by atoms with Gasteiger partial charge < -0.3 is 55.1 Å². The van der Waals surface area contributed by atoms with Crippen LogP contribution in [-0.4, -0.2) is 122 Å². The van der Waals surface area contributed by atoms with Crippen LogP contribution in [0.3, 0.4) is 0 Å². The van der Waals surface area contributed by atoms with E-state index in [1.54, 1.807) is 0 Å². The van der Waals surface area contributed by atoms with Gasteiger partial charge in [-0.25, -0.2) is 0 Å². The second kappa shape index (κ2) is 8.04. The largest absolute Gasteiger partial charge is 0.394 e. The summed E-state index contributed by atoms with van der Waals surface area (Å²) in [5, 5.41) is 77.7. The molecule has 2 fully saturated rings. The van der Waals surface area contributed by atoms with Crippen LogP contribution in [0.4, 0.5) is 0 Å². The van der Waals surface area contributed by atoms with E-state index in [9.17, 15) is 35.7 Å².